The van der Waals surface area contributed by atoms with Crippen molar-refractivity contribution in [3.05, 3.63) is 75.5 Å². The first kappa shape index (κ1) is 19.1. The lowest BCUT2D eigenvalue weighted by molar-refractivity contribution is -0.384. The molecule has 0 spiro atoms. The number of allylic oxidation sites excluding steroid dienone is 1. The zero-order valence-electron chi connectivity index (χ0n) is 16.2. The highest BCUT2D eigenvalue weighted by molar-refractivity contribution is 5.95. The first-order valence-electron chi connectivity index (χ1n) is 9.02. The van der Waals surface area contributed by atoms with Crippen LogP contribution in [0.2, 0.25) is 0 Å². The van der Waals surface area contributed by atoms with Crippen molar-refractivity contribution in [2.75, 3.05) is 12.4 Å². The highest BCUT2D eigenvalue weighted by Crippen LogP contribution is 2.37. The molecule has 4 rings (SSSR count). The van der Waals surface area contributed by atoms with Crippen molar-refractivity contribution in [3.63, 3.8) is 0 Å². The van der Waals surface area contributed by atoms with Gasteiger partial charge in [-0.25, -0.2) is 4.68 Å². The lowest BCUT2D eigenvalue weighted by atomic mass is 9.95. The third-order valence-corrected chi connectivity index (χ3v) is 4.86. The number of nitrogens with one attached hydrogen (secondary N) is 1. The number of benzene rings is 2. The van der Waals surface area contributed by atoms with Crippen molar-refractivity contribution in [1.29, 1.82) is 0 Å². The van der Waals surface area contributed by atoms with E-state index in [-0.39, 0.29) is 5.69 Å². The van der Waals surface area contributed by atoms with E-state index in [0.29, 0.717) is 34.4 Å². The number of hydrogen-bond acceptors (Lipinski definition) is 7. The van der Waals surface area contributed by atoms with E-state index in [0.717, 1.165) is 5.56 Å². The van der Waals surface area contributed by atoms with Gasteiger partial charge in [0.2, 0.25) is 11.9 Å². The van der Waals surface area contributed by atoms with Crippen LogP contribution in [-0.4, -0.2) is 32.7 Å². The van der Waals surface area contributed by atoms with E-state index in [1.54, 1.807) is 36.9 Å². The third kappa shape index (κ3) is 3.24. The fourth-order valence-electron chi connectivity index (χ4n) is 3.44. The Morgan fingerprint density at radius 2 is 2.00 bits per heavy atom. The van der Waals surface area contributed by atoms with Crippen LogP contribution in [-0.2, 0) is 4.79 Å². The average Bonchev–Trinajstić information content (AvgIpc) is 3.16. The molecule has 3 aromatic rings. The van der Waals surface area contributed by atoms with Crippen molar-refractivity contribution >= 4 is 17.5 Å². The number of amides is 1. The summed E-state index contributed by atoms with van der Waals surface area (Å²) in [5.74, 6) is 0.841. The van der Waals surface area contributed by atoms with Crippen LogP contribution >= 0.6 is 0 Å². The minimum atomic E-state index is -0.604. The van der Waals surface area contributed by atoms with E-state index in [4.69, 9.17) is 10.5 Å². The highest BCUT2D eigenvalue weighted by atomic mass is 16.6. The second-order valence-electron chi connectivity index (χ2n) is 6.71. The standard InChI is InChI=1S/C20H18N6O4/c1-11-16(18(21)27)17(13-4-3-5-15(10-13)30-2)25-20(22-11)23-19(24-25)12-6-8-14(9-7-12)26(28)29/h3-10,17H,1-2H3,(H2,21,27)(H,22,23,24). The number of anilines is 1. The van der Waals surface area contributed by atoms with Crippen LogP contribution < -0.4 is 15.8 Å². The van der Waals surface area contributed by atoms with Gasteiger partial charge >= 0.3 is 0 Å². The molecule has 1 aromatic heterocycles. The van der Waals surface area contributed by atoms with Gasteiger partial charge in [0.05, 0.1) is 17.6 Å². The van der Waals surface area contributed by atoms with E-state index >= 15 is 0 Å². The lowest BCUT2D eigenvalue weighted by Crippen LogP contribution is -2.31. The summed E-state index contributed by atoms with van der Waals surface area (Å²) in [5, 5.41) is 18.5. The minimum Gasteiger partial charge on any atom is -0.497 e. The summed E-state index contributed by atoms with van der Waals surface area (Å²) >= 11 is 0. The Labute approximate surface area is 171 Å². The summed E-state index contributed by atoms with van der Waals surface area (Å²) in [4.78, 5) is 27.2. The number of hydrogen-bond donors (Lipinski definition) is 2. The van der Waals surface area contributed by atoms with Gasteiger partial charge in [-0.15, -0.1) is 5.10 Å². The van der Waals surface area contributed by atoms with Crippen LogP contribution in [0.4, 0.5) is 11.6 Å². The maximum absolute atomic E-state index is 12.3. The molecular weight excluding hydrogens is 388 g/mol. The van der Waals surface area contributed by atoms with E-state index in [2.05, 4.69) is 15.4 Å². The van der Waals surface area contributed by atoms with Crippen LogP contribution in [0.15, 0.2) is 59.8 Å². The Hall–Kier alpha value is -4.21. The van der Waals surface area contributed by atoms with Crippen LogP contribution in [0.5, 0.6) is 5.75 Å². The molecule has 152 valence electrons. The molecule has 1 aliphatic rings. The first-order chi connectivity index (χ1) is 14.4. The van der Waals surface area contributed by atoms with Crippen molar-refractivity contribution in [2.45, 2.75) is 13.0 Å². The molecule has 1 aliphatic heterocycles. The van der Waals surface area contributed by atoms with Crippen LogP contribution in [0.3, 0.4) is 0 Å². The zero-order chi connectivity index (χ0) is 21.4. The van der Waals surface area contributed by atoms with E-state index in [9.17, 15) is 14.9 Å². The number of ether oxygens (including phenoxy) is 1. The van der Waals surface area contributed by atoms with Crippen molar-refractivity contribution < 1.29 is 14.5 Å². The summed E-state index contributed by atoms with van der Waals surface area (Å²) in [6, 6.07) is 12.6. The SMILES string of the molecule is COc1cccc(C2C(C(N)=O)=C(C)Nc3nc(-c4ccc([N+](=O)[O-])cc4)nn32)c1. The van der Waals surface area contributed by atoms with Gasteiger partial charge in [-0.2, -0.15) is 4.98 Å². The molecule has 10 nitrogen and oxygen atoms in total. The number of primary amides is 1. The van der Waals surface area contributed by atoms with E-state index in [1.807, 2.05) is 18.2 Å². The van der Waals surface area contributed by atoms with Crippen molar-refractivity contribution in [3.8, 4) is 17.1 Å². The number of nitrogens with zero attached hydrogens (tertiary/aromatic N) is 4. The van der Waals surface area contributed by atoms with Gasteiger partial charge in [0.25, 0.3) is 5.69 Å². The van der Waals surface area contributed by atoms with Crippen LogP contribution in [0, 0.1) is 10.1 Å². The molecule has 10 heteroatoms. The predicted octanol–water partition coefficient (Wildman–Crippen LogP) is 2.64. The fourth-order valence-corrected chi connectivity index (χ4v) is 3.44. The molecular formula is C20H18N6O4. The van der Waals surface area contributed by atoms with Gasteiger partial charge in [-0.3, -0.25) is 14.9 Å². The number of carbonyl (C=O) groups is 1. The summed E-state index contributed by atoms with van der Waals surface area (Å²) < 4.78 is 6.90. The Balaban J connectivity index is 1.83. The van der Waals surface area contributed by atoms with Gasteiger partial charge in [0.15, 0.2) is 5.82 Å². The summed E-state index contributed by atoms with van der Waals surface area (Å²) in [6.07, 6.45) is 0. The lowest BCUT2D eigenvalue weighted by Gasteiger charge is -2.27. The normalized spacial score (nSPS) is 15.3. The number of rotatable bonds is 5. The van der Waals surface area contributed by atoms with Gasteiger partial charge in [0.1, 0.15) is 11.8 Å². The monoisotopic (exact) mass is 406 g/mol. The highest BCUT2D eigenvalue weighted by Gasteiger charge is 2.33. The van der Waals surface area contributed by atoms with Gasteiger partial charge in [-0.05, 0) is 36.8 Å². The second kappa shape index (κ2) is 7.32. The topological polar surface area (TPSA) is 138 Å². The molecule has 3 N–H and O–H groups in total. The number of nitro benzene ring substituents is 1. The minimum absolute atomic E-state index is 0.0244. The Kier molecular flexibility index (Phi) is 4.66. The Morgan fingerprint density at radius 1 is 1.27 bits per heavy atom. The Bertz CT molecular complexity index is 1180. The van der Waals surface area contributed by atoms with E-state index in [1.165, 1.54) is 12.1 Å². The molecule has 0 saturated heterocycles. The summed E-state index contributed by atoms with van der Waals surface area (Å²) in [5.41, 5.74) is 7.95. The zero-order valence-corrected chi connectivity index (χ0v) is 16.2. The molecule has 0 aliphatic carbocycles. The van der Waals surface area contributed by atoms with E-state index < -0.39 is 16.9 Å². The summed E-state index contributed by atoms with van der Waals surface area (Å²) in [7, 11) is 1.56. The Morgan fingerprint density at radius 3 is 2.63 bits per heavy atom. The molecule has 2 aromatic carbocycles. The number of methoxy groups -OCH3 is 1. The molecule has 1 atom stereocenters. The van der Waals surface area contributed by atoms with Gasteiger partial charge in [0, 0.05) is 23.4 Å². The number of nitro groups is 1. The number of fused-ring (bicyclic) bond motifs is 1. The number of non-ortho nitro benzene ring substituents is 1. The molecule has 0 fully saturated rings. The number of carbonyl (C=O) groups excluding carboxylic acids is 1. The molecule has 2 heterocycles. The van der Waals surface area contributed by atoms with Gasteiger partial charge in [-0.1, -0.05) is 12.1 Å². The smallest absolute Gasteiger partial charge is 0.269 e. The average molecular weight is 406 g/mol. The molecule has 0 bridgehead atoms. The second-order valence-corrected chi connectivity index (χ2v) is 6.71. The van der Waals surface area contributed by atoms with Crippen molar-refractivity contribution in [1.82, 2.24) is 14.8 Å². The van der Waals surface area contributed by atoms with Gasteiger partial charge < -0.3 is 15.8 Å². The first-order valence-corrected chi connectivity index (χ1v) is 9.02. The molecule has 30 heavy (non-hydrogen) atoms. The van der Waals surface area contributed by atoms with Crippen molar-refractivity contribution in [2.24, 2.45) is 5.73 Å². The molecule has 0 radical (unpaired) electrons. The molecule has 1 amide bonds. The quantitative estimate of drug-likeness (QED) is 0.490. The number of nitrogens with two attached hydrogens (primary N) is 1. The maximum atomic E-state index is 12.3. The van der Waals surface area contributed by atoms with Crippen LogP contribution in [0.25, 0.3) is 11.4 Å². The molecule has 1 unspecified atom stereocenters. The predicted molar refractivity (Wildman–Crippen MR) is 109 cm³/mol. The third-order valence-electron chi connectivity index (χ3n) is 4.86. The maximum Gasteiger partial charge on any atom is 0.269 e. The van der Waals surface area contributed by atoms with Crippen LogP contribution in [0.1, 0.15) is 18.5 Å². The largest absolute Gasteiger partial charge is 0.497 e. The summed E-state index contributed by atoms with van der Waals surface area (Å²) in [6.45, 7) is 1.75. The number of aromatic nitrogens is 3. The molecule has 0 saturated carbocycles. The fraction of sp³-hybridized carbons (Fsp3) is 0.150.